The molecule has 0 saturated heterocycles. The number of hydrogen-bond donors (Lipinski definition) is 0. The molecule has 1 aromatic rings. The molecule has 0 bridgehead atoms. The topological polar surface area (TPSA) is 35.5 Å². The van der Waals surface area contributed by atoms with Gasteiger partial charge in [-0.1, -0.05) is 0 Å². The molecule has 1 aromatic carbocycles. The second-order valence-corrected chi connectivity index (χ2v) is 4.17. The molecular formula is C14H19FO3. The number of halogens is 1. The quantitative estimate of drug-likeness (QED) is 0.528. The standard InChI is InChI=1S/C14H19FO3/c1-11(10-17-2)18-9-3-4-14(16)12-5-7-13(15)8-6-12/h5-8,11H,3-4,9-10H2,1-2H3. The zero-order chi connectivity index (χ0) is 13.4. The highest BCUT2D eigenvalue weighted by atomic mass is 19.1. The van der Waals surface area contributed by atoms with Crippen molar-refractivity contribution in [2.24, 2.45) is 0 Å². The molecule has 3 nitrogen and oxygen atoms in total. The Morgan fingerprint density at radius 2 is 2.00 bits per heavy atom. The molecule has 1 unspecified atom stereocenters. The van der Waals surface area contributed by atoms with Gasteiger partial charge in [-0.2, -0.15) is 0 Å². The molecule has 0 saturated carbocycles. The minimum Gasteiger partial charge on any atom is -0.382 e. The van der Waals surface area contributed by atoms with E-state index in [2.05, 4.69) is 0 Å². The van der Waals surface area contributed by atoms with Gasteiger partial charge < -0.3 is 9.47 Å². The predicted molar refractivity (Wildman–Crippen MR) is 67.3 cm³/mol. The van der Waals surface area contributed by atoms with Crippen molar-refractivity contribution in [1.82, 2.24) is 0 Å². The summed E-state index contributed by atoms with van der Waals surface area (Å²) in [4.78, 5) is 11.7. The summed E-state index contributed by atoms with van der Waals surface area (Å²) in [5, 5.41) is 0. The zero-order valence-electron chi connectivity index (χ0n) is 10.8. The van der Waals surface area contributed by atoms with Gasteiger partial charge in [-0.15, -0.1) is 0 Å². The third-order valence-corrected chi connectivity index (χ3v) is 2.52. The molecule has 100 valence electrons. The number of ketones is 1. The number of carbonyl (C=O) groups is 1. The molecule has 0 amide bonds. The van der Waals surface area contributed by atoms with Crippen molar-refractivity contribution in [2.45, 2.75) is 25.9 Å². The molecule has 4 heteroatoms. The molecule has 18 heavy (non-hydrogen) atoms. The van der Waals surface area contributed by atoms with Crippen LogP contribution in [0, 0.1) is 5.82 Å². The normalized spacial score (nSPS) is 12.4. The molecule has 0 aliphatic heterocycles. The van der Waals surface area contributed by atoms with Gasteiger partial charge in [-0.05, 0) is 37.6 Å². The molecule has 0 aliphatic carbocycles. The van der Waals surface area contributed by atoms with E-state index in [0.717, 1.165) is 0 Å². The highest BCUT2D eigenvalue weighted by Crippen LogP contribution is 2.07. The van der Waals surface area contributed by atoms with E-state index in [0.29, 0.717) is 31.6 Å². The lowest BCUT2D eigenvalue weighted by Gasteiger charge is -2.11. The van der Waals surface area contributed by atoms with Gasteiger partial charge in [0.25, 0.3) is 0 Å². The first-order valence-electron chi connectivity index (χ1n) is 6.02. The first kappa shape index (κ1) is 14.8. The molecule has 0 fully saturated rings. The third-order valence-electron chi connectivity index (χ3n) is 2.52. The lowest BCUT2D eigenvalue weighted by atomic mass is 10.1. The van der Waals surface area contributed by atoms with E-state index in [4.69, 9.17) is 9.47 Å². The largest absolute Gasteiger partial charge is 0.382 e. The second-order valence-electron chi connectivity index (χ2n) is 4.17. The summed E-state index contributed by atoms with van der Waals surface area (Å²) in [5.41, 5.74) is 0.543. The van der Waals surface area contributed by atoms with Crippen molar-refractivity contribution in [1.29, 1.82) is 0 Å². The first-order valence-corrected chi connectivity index (χ1v) is 6.02. The maximum absolute atomic E-state index is 12.7. The van der Waals surface area contributed by atoms with E-state index in [-0.39, 0.29) is 17.7 Å². The van der Waals surface area contributed by atoms with Crippen LogP contribution in [0.25, 0.3) is 0 Å². The van der Waals surface area contributed by atoms with Gasteiger partial charge in [0.15, 0.2) is 5.78 Å². The maximum Gasteiger partial charge on any atom is 0.162 e. The second kappa shape index (κ2) is 7.95. The smallest absolute Gasteiger partial charge is 0.162 e. The van der Waals surface area contributed by atoms with Crippen LogP contribution in [0.1, 0.15) is 30.1 Å². The number of Topliss-reactive ketones (excluding diaryl/α,β-unsaturated/α-hetero) is 1. The highest BCUT2D eigenvalue weighted by molar-refractivity contribution is 5.95. The van der Waals surface area contributed by atoms with Crippen molar-refractivity contribution in [3.05, 3.63) is 35.6 Å². The molecule has 0 radical (unpaired) electrons. The summed E-state index contributed by atoms with van der Waals surface area (Å²) in [6.07, 6.45) is 1.10. The first-order chi connectivity index (χ1) is 8.63. The van der Waals surface area contributed by atoms with Crippen molar-refractivity contribution in [3.63, 3.8) is 0 Å². The number of methoxy groups -OCH3 is 1. The summed E-state index contributed by atoms with van der Waals surface area (Å²) in [6, 6.07) is 5.60. The van der Waals surface area contributed by atoms with Crippen LogP contribution in [-0.4, -0.2) is 32.2 Å². The number of hydrogen-bond acceptors (Lipinski definition) is 3. The van der Waals surface area contributed by atoms with Crippen LogP contribution in [0.3, 0.4) is 0 Å². The van der Waals surface area contributed by atoms with Crippen LogP contribution in [0.15, 0.2) is 24.3 Å². The maximum atomic E-state index is 12.7. The lowest BCUT2D eigenvalue weighted by molar-refractivity contribution is 0.00794. The predicted octanol–water partition coefficient (Wildman–Crippen LogP) is 2.84. The van der Waals surface area contributed by atoms with Crippen molar-refractivity contribution >= 4 is 5.78 Å². The van der Waals surface area contributed by atoms with Crippen molar-refractivity contribution < 1.29 is 18.7 Å². The van der Waals surface area contributed by atoms with Gasteiger partial charge in [-0.25, -0.2) is 4.39 Å². The zero-order valence-corrected chi connectivity index (χ0v) is 10.8. The van der Waals surface area contributed by atoms with E-state index >= 15 is 0 Å². The molecule has 0 aromatic heterocycles. The van der Waals surface area contributed by atoms with E-state index in [1.165, 1.54) is 24.3 Å². The third kappa shape index (κ3) is 5.38. The average molecular weight is 254 g/mol. The number of carbonyl (C=O) groups excluding carboxylic acids is 1. The number of ether oxygens (including phenoxy) is 2. The average Bonchev–Trinajstić information content (AvgIpc) is 2.35. The molecule has 0 aliphatic rings. The van der Waals surface area contributed by atoms with Gasteiger partial charge in [0.1, 0.15) is 5.82 Å². The highest BCUT2D eigenvalue weighted by Gasteiger charge is 2.06. The van der Waals surface area contributed by atoms with E-state index in [1.54, 1.807) is 7.11 Å². The lowest BCUT2D eigenvalue weighted by Crippen LogP contribution is -2.15. The Morgan fingerprint density at radius 3 is 2.61 bits per heavy atom. The number of benzene rings is 1. The van der Waals surface area contributed by atoms with Gasteiger partial charge in [0.2, 0.25) is 0 Å². The summed E-state index contributed by atoms with van der Waals surface area (Å²) >= 11 is 0. The van der Waals surface area contributed by atoms with Gasteiger partial charge in [0, 0.05) is 25.7 Å². The van der Waals surface area contributed by atoms with Crippen LogP contribution in [-0.2, 0) is 9.47 Å². The molecular weight excluding hydrogens is 235 g/mol. The van der Waals surface area contributed by atoms with Crippen LogP contribution in [0.4, 0.5) is 4.39 Å². The SMILES string of the molecule is COCC(C)OCCCC(=O)c1ccc(F)cc1. The Morgan fingerprint density at radius 1 is 1.33 bits per heavy atom. The van der Waals surface area contributed by atoms with E-state index in [1.807, 2.05) is 6.92 Å². The van der Waals surface area contributed by atoms with Crippen LogP contribution in [0.5, 0.6) is 0 Å². The molecule has 0 spiro atoms. The fourth-order valence-corrected chi connectivity index (χ4v) is 1.58. The monoisotopic (exact) mass is 254 g/mol. The minimum atomic E-state index is -0.330. The summed E-state index contributed by atoms with van der Waals surface area (Å²) < 4.78 is 23.1. The van der Waals surface area contributed by atoms with Crippen molar-refractivity contribution in [2.75, 3.05) is 20.3 Å². The van der Waals surface area contributed by atoms with Crippen LogP contribution in [0.2, 0.25) is 0 Å². The van der Waals surface area contributed by atoms with E-state index < -0.39 is 0 Å². The Balaban J connectivity index is 2.23. The van der Waals surface area contributed by atoms with Gasteiger partial charge in [-0.3, -0.25) is 4.79 Å². The summed E-state index contributed by atoms with van der Waals surface area (Å²) in [6.45, 7) is 2.99. The fraction of sp³-hybridized carbons (Fsp3) is 0.500. The van der Waals surface area contributed by atoms with Gasteiger partial charge in [0.05, 0.1) is 12.7 Å². The van der Waals surface area contributed by atoms with Crippen LogP contribution < -0.4 is 0 Å². The summed E-state index contributed by atoms with van der Waals surface area (Å²) in [5.74, 6) is -0.318. The Hall–Kier alpha value is -1.26. The van der Waals surface area contributed by atoms with E-state index in [9.17, 15) is 9.18 Å². The molecule has 1 atom stereocenters. The molecule has 0 N–H and O–H groups in total. The summed E-state index contributed by atoms with van der Waals surface area (Å²) in [7, 11) is 1.62. The Labute approximate surface area is 107 Å². The minimum absolute atomic E-state index is 0.0120. The Kier molecular flexibility index (Phi) is 6.54. The fourth-order valence-electron chi connectivity index (χ4n) is 1.58. The Bertz CT molecular complexity index is 362. The van der Waals surface area contributed by atoms with Gasteiger partial charge >= 0.3 is 0 Å². The molecule has 1 rings (SSSR count). The van der Waals surface area contributed by atoms with Crippen molar-refractivity contribution in [3.8, 4) is 0 Å². The van der Waals surface area contributed by atoms with Crippen LogP contribution >= 0.6 is 0 Å². The number of rotatable bonds is 8. The molecule has 0 heterocycles.